The van der Waals surface area contributed by atoms with Crippen LogP contribution in [0.4, 0.5) is 17.5 Å². The fourth-order valence-electron chi connectivity index (χ4n) is 3.76. The number of hydrogen-bond acceptors (Lipinski definition) is 7. The van der Waals surface area contributed by atoms with Gasteiger partial charge in [0, 0.05) is 24.3 Å². The van der Waals surface area contributed by atoms with E-state index in [2.05, 4.69) is 15.3 Å². The van der Waals surface area contributed by atoms with Crippen LogP contribution in [0, 0.1) is 0 Å². The highest BCUT2D eigenvalue weighted by molar-refractivity contribution is 6.59. The maximum Gasteiger partial charge on any atom is 0.488 e. The number of fused-ring (bicyclic) bond motifs is 1. The zero-order valence-corrected chi connectivity index (χ0v) is 16.5. The van der Waals surface area contributed by atoms with Crippen molar-refractivity contribution in [2.45, 2.75) is 25.9 Å². The smallest absolute Gasteiger partial charge is 0.423 e. The normalized spacial score (nSPS) is 15.0. The predicted octanol–water partition coefficient (Wildman–Crippen LogP) is 0.950. The number of nitrogens with two attached hydrogens (primary N) is 1. The molecule has 1 atom stereocenters. The molecular formula is C21H22BN5O3. The molecule has 0 saturated carbocycles. The molecule has 1 unspecified atom stereocenters. The highest BCUT2D eigenvalue weighted by Crippen LogP contribution is 2.36. The lowest BCUT2D eigenvalue weighted by Crippen LogP contribution is -2.32. The average Bonchev–Trinajstić information content (AvgIpc) is 3.08. The first-order valence-electron chi connectivity index (χ1n) is 9.68. The van der Waals surface area contributed by atoms with Crippen LogP contribution in [-0.4, -0.2) is 39.1 Å². The SMILES string of the molecule is CC1Cc2c(B(O)O)cccc2N1c1nc(NCc2ccccc2)cc(C(N)=O)n1. The number of nitrogens with one attached hydrogen (secondary N) is 1. The molecule has 5 N–H and O–H groups in total. The molecular weight excluding hydrogens is 381 g/mol. The molecule has 30 heavy (non-hydrogen) atoms. The number of anilines is 3. The lowest BCUT2D eigenvalue weighted by molar-refractivity contribution is 0.0995. The zero-order chi connectivity index (χ0) is 21.3. The maximum absolute atomic E-state index is 11.9. The molecule has 0 aliphatic carbocycles. The molecule has 1 amide bonds. The lowest BCUT2D eigenvalue weighted by Gasteiger charge is -2.23. The van der Waals surface area contributed by atoms with E-state index in [4.69, 9.17) is 5.73 Å². The Labute approximate surface area is 174 Å². The van der Waals surface area contributed by atoms with Gasteiger partial charge in [0.25, 0.3) is 5.91 Å². The molecule has 4 rings (SSSR count). The Morgan fingerprint density at radius 3 is 2.67 bits per heavy atom. The van der Waals surface area contributed by atoms with Gasteiger partial charge in [-0.05, 0) is 36.0 Å². The van der Waals surface area contributed by atoms with Crippen molar-refractivity contribution in [2.75, 3.05) is 10.2 Å². The predicted molar refractivity (Wildman–Crippen MR) is 116 cm³/mol. The number of hydrogen-bond donors (Lipinski definition) is 4. The topological polar surface area (TPSA) is 125 Å². The number of aromatic nitrogens is 2. The highest BCUT2D eigenvalue weighted by Gasteiger charge is 2.33. The van der Waals surface area contributed by atoms with Gasteiger partial charge in [-0.1, -0.05) is 42.5 Å². The van der Waals surface area contributed by atoms with Gasteiger partial charge in [-0.25, -0.2) is 4.98 Å². The minimum atomic E-state index is -1.56. The van der Waals surface area contributed by atoms with Crippen LogP contribution in [0.5, 0.6) is 0 Å². The van der Waals surface area contributed by atoms with Crippen molar-refractivity contribution in [2.24, 2.45) is 5.73 Å². The van der Waals surface area contributed by atoms with Gasteiger partial charge >= 0.3 is 7.12 Å². The van der Waals surface area contributed by atoms with Crippen molar-refractivity contribution in [1.29, 1.82) is 0 Å². The van der Waals surface area contributed by atoms with Gasteiger partial charge in [0.1, 0.15) is 11.5 Å². The number of carbonyl (C=O) groups is 1. The Balaban J connectivity index is 1.71. The van der Waals surface area contributed by atoms with E-state index in [0.717, 1.165) is 16.8 Å². The molecule has 0 radical (unpaired) electrons. The molecule has 0 bridgehead atoms. The highest BCUT2D eigenvalue weighted by atomic mass is 16.4. The number of nitrogens with zero attached hydrogens (tertiary/aromatic N) is 3. The Morgan fingerprint density at radius 2 is 1.97 bits per heavy atom. The molecule has 2 aromatic carbocycles. The van der Waals surface area contributed by atoms with E-state index >= 15 is 0 Å². The summed E-state index contributed by atoms with van der Waals surface area (Å²) in [6.45, 7) is 2.52. The van der Waals surface area contributed by atoms with E-state index in [9.17, 15) is 14.8 Å². The van der Waals surface area contributed by atoms with Crippen molar-refractivity contribution in [1.82, 2.24) is 9.97 Å². The van der Waals surface area contributed by atoms with Crippen molar-refractivity contribution in [3.63, 3.8) is 0 Å². The largest absolute Gasteiger partial charge is 0.488 e. The number of carbonyl (C=O) groups excluding carboxylic acids is 1. The molecule has 3 aromatic rings. The first-order chi connectivity index (χ1) is 14.4. The standard InChI is InChI=1S/C21H22BN5O3/c1-13-10-15-16(22(29)30)8-5-9-18(15)27(13)21-25-17(20(23)28)11-19(26-21)24-12-14-6-3-2-4-7-14/h2-9,11,13,29-30H,10,12H2,1H3,(H2,23,28)(H,24,25,26). The molecule has 2 heterocycles. The zero-order valence-electron chi connectivity index (χ0n) is 16.5. The second-order valence-electron chi connectivity index (χ2n) is 7.28. The molecule has 0 fully saturated rings. The van der Waals surface area contributed by atoms with E-state index < -0.39 is 13.0 Å². The van der Waals surface area contributed by atoms with Crippen LogP contribution in [0.25, 0.3) is 0 Å². The molecule has 0 saturated heterocycles. The third-order valence-electron chi connectivity index (χ3n) is 5.16. The molecule has 152 valence electrons. The van der Waals surface area contributed by atoms with E-state index in [1.165, 1.54) is 6.07 Å². The van der Waals surface area contributed by atoms with Crippen LogP contribution in [0.15, 0.2) is 54.6 Å². The fourth-order valence-corrected chi connectivity index (χ4v) is 3.76. The van der Waals surface area contributed by atoms with Crippen molar-refractivity contribution < 1.29 is 14.8 Å². The van der Waals surface area contributed by atoms with Crippen molar-refractivity contribution in [3.05, 3.63) is 71.4 Å². The van der Waals surface area contributed by atoms with Crippen LogP contribution in [-0.2, 0) is 13.0 Å². The summed E-state index contributed by atoms with van der Waals surface area (Å²) in [6.07, 6.45) is 0.597. The summed E-state index contributed by atoms with van der Waals surface area (Å²) >= 11 is 0. The summed E-state index contributed by atoms with van der Waals surface area (Å²) in [5, 5.41) is 22.6. The Kier molecular flexibility index (Phi) is 5.39. The van der Waals surface area contributed by atoms with Crippen molar-refractivity contribution >= 4 is 35.9 Å². The molecule has 0 spiro atoms. The van der Waals surface area contributed by atoms with Crippen LogP contribution < -0.4 is 21.4 Å². The monoisotopic (exact) mass is 403 g/mol. The third kappa shape index (κ3) is 3.85. The first-order valence-corrected chi connectivity index (χ1v) is 9.68. The van der Waals surface area contributed by atoms with Gasteiger partial charge in [-0.15, -0.1) is 0 Å². The number of amides is 1. The van der Waals surface area contributed by atoms with E-state index in [0.29, 0.717) is 30.2 Å². The van der Waals surface area contributed by atoms with Gasteiger partial charge in [-0.2, -0.15) is 4.98 Å². The van der Waals surface area contributed by atoms with E-state index in [1.807, 2.05) is 48.2 Å². The first kappa shape index (κ1) is 19.9. The summed E-state index contributed by atoms with van der Waals surface area (Å²) in [5.41, 5.74) is 8.75. The Bertz CT molecular complexity index is 1080. The van der Waals surface area contributed by atoms with Crippen LogP contribution in [0.1, 0.15) is 28.5 Å². The second-order valence-corrected chi connectivity index (χ2v) is 7.28. The van der Waals surface area contributed by atoms with Gasteiger partial charge in [0.05, 0.1) is 0 Å². The average molecular weight is 403 g/mol. The van der Waals surface area contributed by atoms with Crippen molar-refractivity contribution in [3.8, 4) is 0 Å². The lowest BCUT2D eigenvalue weighted by atomic mass is 9.76. The Morgan fingerprint density at radius 1 is 1.20 bits per heavy atom. The van der Waals surface area contributed by atoms with E-state index in [-0.39, 0.29) is 11.7 Å². The quantitative estimate of drug-likeness (QED) is 0.452. The number of primary amides is 1. The van der Waals surface area contributed by atoms with Crippen LogP contribution in [0.2, 0.25) is 0 Å². The summed E-state index contributed by atoms with van der Waals surface area (Å²) in [5.74, 6) is 0.169. The number of benzene rings is 2. The summed E-state index contributed by atoms with van der Waals surface area (Å²) in [7, 11) is -1.56. The summed E-state index contributed by atoms with van der Waals surface area (Å²) in [6, 6.07) is 16.6. The summed E-state index contributed by atoms with van der Waals surface area (Å²) < 4.78 is 0. The fraction of sp³-hybridized carbons (Fsp3) is 0.190. The van der Waals surface area contributed by atoms with Gasteiger partial charge in [0.2, 0.25) is 5.95 Å². The van der Waals surface area contributed by atoms with Crippen LogP contribution >= 0.6 is 0 Å². The third-order valence-corrected chi connectivity index (χ3v) is 5.16. The Hall–Kier alpha value is -3.43. The molecule has 1 aromatic heterocycles. The van der Waals surface area contributed by atoms with E-state index in [1.54, 1.807) is 12.1 Å². The minimum absolute atomic E-state index is 0.0370. The van der Waals surface area contributed by atoms with Gasteiger partial charge in [-0.3, -0.25) is 4.79 Å². The van der Waals surface area contributed by atoms with Gasteiger partial charge in [0.15, 0.2) is 0 Å². The molecule has 8 nitrogen and oxygen atoms in total. The maximum atomic E-state index is 11.9. The summed E-state index contributed by atoms with van der Waals surface area (Å²) in [4.78, 5) is 22.8. The minimum Gasteiger partial charge on any atom is -0.423 e. The number of rotatable bonds is 6. The second kappa shape index (κ2) is 8.13. The molecule has 9 heteroatoms. The van der Waals surface area contributed by atoms with Gasteiger partial charge < -0.3 is 26.0 Å². The molecule has 1 aliphatic heterocycles. The van der Waals surface area contributed by atoms with Crippen LogP contribution in [0.3, 0.4) is 0 Å². The molecule has 1 aliphatic rings.